The molecular formula is C15H19N5O. The third-order valence-electron chi connectivity index (χ3n) is 2.78. The average Bonchev–Trinajstić information content (AvgIpc) is 2.54. The van der Waals surface area contributed by atoms with Crippen molar-refractivity contribution in [3.8, 4) is 0 Å². The van der Waals surface area contributed by atoms with E-state index in [1.54, 1.807) is 18.5 Å². The highest BCUT2D eigenvalue weighted by Crippen LogP contribution is 1.97. The third-order valence-corrected chi connectivity index (χ3v) is 2.78. The van der Waals surface area contributed by atoms with Gasteiger partial charge in [-0.2, -0.15) is 0 Å². The summed E-state index contributed by atoms with van der Waals surface area (Å²) >= 11 is 0. The summed E-state index contributed by atoms with van der Waals surface area (Å²) in [5.41, 5.74) is 1.08. The number of carbonyl (C=O) groups excluding carboxylic acids is 1. The molecule has 2 aromatic rings. The van der Waals surface area contributed by atoms with Crippen molar-refractivity contribution < 1.29 is 4.79 Å². The maximum Gasteiger partial charge on any atom is 0.315 e. The zero-order chi connectivity index (χ0) is 14.8. The van der Waals surface area contributed by atoms with E-state index in [0.717, 1.165) is 12.0 Å². The summed E-state index contributed by atoms with van der Waals surface area (Å²) in [4.78, 5) is 19.7. The van der Waals surface area contributed by atoms with Crippen molar-refractivity contribution >= 4 is 12.0 Å². The van der Waals surface area contributed by atoms with Crippen molar-refractivity contribution in [1.82, 2.24) is 20.6 Å². The van der Waals surface area contributed by atoms with Gasteiger partial charge < -0.3 is 16.0 Å². The summed E-state index contributed by atoms with van der Waals surface area (Å²) < 4.78 is 0. The Morgan fingerprint density at radius 2 is 1.71 bits per heavy atom. The number of nitrogens with one attached hydrogen (secondary N) is 3. The van der Waals surface area contributed by atoms with Crippen LogP contribution in [0.2, 0.25) is 0 Å². The molecule has 6 nitrogen and oxygen atoms in total. The number of amides is 2. The maximum atomic E-state index is 11.6. The first-order valence-corrected chi connectivity index (χ1v) is 6.91. The Kier molecular flexibility index (Phi) is 6.00. The number of hydrogen-bond donors (Lipinski definition) is 3. The minimum Gasteiger partial charge on any atom is -0.354 e. The van der Waals surface area contributed by atoms with Gasteiger partial charge in [-0.15, -0.1) is 0 Å². The Labute approximate surface area is 124 Å². The largest absolute Gasteiger partial charge is 0.354 e. The van der Waals surface area contributed by atoms with Crippen molar-refractivity contribution in [2.45, 2.75) is 13.0 Å². The molecule has 0 radical (unpaired) electrons. The lowest BCUT2D eigenvalue weighted by Crippen LogP contribution is -2.36. The number of urea groups is 1. The van der Waals surface area contributed by atoms with Gasteiger partial charge in [0.2, 0.25) is 5.95 Å². The molecule has 1 aromatic carbocycles. The summed E-state index contributed by atoms with van der Waals surface area (Å²) in [6.07, 6.45) is 4.17. The molecule has 0 bridgehead atoms. The minimum atomic E-state index is -0.158. The SMILES string of the molecule is O=C(NCCCNc1ncccn1)NCc1ccccc1. The number of aromatic nitrogens is 2. The predicted octanol–water partition coefficient (Wildman–Crippen LogP) is 1.78. The molecule has 0 spiro atoms. The van der Waals surface area contributed by atoms with Crippen LogP contribution in [0.25, 0.3) is 0 Å². The molecule has 0 saturated heterocycles. The van der Waals surface area contributed by atoms with E-state index < -0.39 is 0 Å². The van der Waals surface area contributed by atoms with E-state index in [2.05, 4.69) is 25.9 Å². The molecule has 21 heavy (non-hydrogen) atoms. The predicted molar refractivity (Wildman–Crippen MR) is 81.8 cm³/mol. The molecule has 1 heterocycles. The van der Waals surface area contributed by atoms with Crippen LogP contribution in [0.5, 0.6) is 0 Å². The Balaban J connectivity index is 1.53. The second kappa shape index (κ2) is 8.52. The molecule has 0 aliphatic heterocycles. The van der Waals surface area contributed by atoms with E-state index in [0.29, 0.717) is 25.6 Å². The molecule has 0 atom stereocenters. The molecule has 3 N–H and O–H groups in total. The van der Waals surface area contributed by atoms with Gasteiger partial charge in [0.25, 0.3) is 0 Å². The smallest absolute Gasteiger partial charge is 0.315 e. The van der Waals surface area contributed by atoms with Crippen LogP contribution in [-0.2, 0) is 6.54 Å². The van der Waals surface area contributed by atoms with Gasteiger partial charge in [-0.3, -0.25) is 0 Å². The fourth-order valence-electron chi connectivity index (χ4n) is 1.72. The van der Waals surface area contributed by atoms with Crippen molar-refractivity contribution in [2.75, 3.05) is 18.4 Å². The first kappa shape index (κ1) is 14.8. The standard InChI is InChI=1S/C15H19N5O/c21-15(20-12-13-6-2-1-3-7-13)19-11-5-10-18-14-16-8-4-9-17-14/h1-4,6-9H,5,10-12H2,(H,16,17,18)(H2,19,20,21). The van der Waals surface area contributed by atoms with Crippen LogP contribution in [0, 0.1) is 0 Å². The first-order valence-electron chi connectivity index (χ1n) is 6.91. The number of rotatable bonds is 7. The van der Waals surface area contributed by atoms with Crippen molar-refractivity contribution in [3.05, 3.63) is 54.4 Å². The van der Waals surface area contributed by atoms with Crippen molar-refractivity contribution in [2.24, 2.45) is 0 Å². The normalized spacial score (nSPS) is 9.90. The molecule has 110 valence electrons. The lowest BCUT2D eigenvalue weighted by atomic mass is 10.2. The quantitative estimate of drug-likeness (QED) is 0.678. The van der Waals surface area contributed by atoms with Gasteiger partial charge in [0.05, 0.1) is 0 Å². The van der Waals surface area contributed by atoms with Crippen molar-refractivity contribution in [1.29, 1.82) is 0 Å². The van der Waals surface area contributed by atoms with Crippen LogP contribution in [0.4, 0.5) is 10.7 Å². The molecule has 2 rings (SSSR count). The number of benzene rings is 1. The van der Waals surface area contributed by atoms with Gasteiger partial charge >= 0.3 is 6.03 Å². The molecule has 0 saturated carbocycles. The second-order valence-corrected chi connectivity index (χ2v) is 4.45. The molecule has 2 amide bonds. The number of nitrogens with zero attached hydrogens (tertiary/aromatic N) is 2. The molecule has 0 unspecified atom stereocenters. The third kappa shape index (κ3) is 5.90. The minimum absolute atomic E-state index is 0.158. The van der Waals surface area contributed by atoms with Gasteiger partial charge in [-0.1, -0.05) is 30.3 Å². The average molecular weight is 285 g/mol. The highest BCUT2D eigenvalue weighted by atomic mass is 16.2. The monoisotopic (exact) mass is 285 g/mol. The lowest BCUT2D eigenvalue weighted by molar-refractivity contribution is 0.240. The Morgan fingerprint density at radius 3 is 2.48 bits per heavy atom. The molecular weight excluding hydrogens is 266 g/mol. The van der Waals surface area contributed by atoms with Gasteiger partial charge in [0, 0.05) is 32.0 Å². The molecule has 6 heteroatoms. The van der Waals surface area contributed by atoms with Crippen molar-refractivity contribution in [3.63, 3.8) is 0 Å². The maximum absolute atomic E-state index is 11.6. The molecule has 0 aliphatic rings. The summed E-state index contributed by atoms with van der Waals surface area (Å²) in [7, 11) is 0. The van der Waals surface area contributed by atoms with E-state index in [9.17, 15) is 4.79 Å². The van der Waals surface area contributed by atoms with Crippen LogP contribution < -0.4 is 16.0 Å². The first-order chi connectivity index (χ1) is 10.3. The fourth-order valence-corrected chi connectivity index (χ4v) is 1.72. The van der Waals surface area contributed by atoms with Crippen LogP contribution >= 0.6 is 0 Å². The number of carbonyl (C=O) groups is 1. The van der Waals surface area contributed by atoms with Gasteiger partial charge in [0.1, 0.15) is 0 Å². The van der Waals surface area contributed by atoms with Gasteiger partial charge in [0.15, 0.2) is 0 Å². The topological polar surface area (TPSA) is 78.9 Å². The lowest BCUT2D eigenvalue weighted by Gasteiger charge is -2.08. The summed E-state index contributed by atoms with van der Waals surface area (Å²) in [5.74, 6) is 0.603. The fraction of sp³-hybridized carbons (Fsp3) is 0.267. The Bertz CT molecular complexity index is 532. The van der Waals surface area contributed by atoms with E-state index >= 15 is 0 Å². The van der Waals surface area contributed by atoms with E-state index in [1.165, 1.54) is 0 Å². The van der Waals surface area contributed by atoms with Gasteiger partial charge in [-0.25, -0.2) is 14.8 Å². The van der Waals surface area contributed by atoms with E-state index in [4.69, 9.17) is 0 Å². The highest BCUT2D eigenvalue weighted by molar-refractivity contribution is 5.73. The van der Waals surface area contributed by atoms with Gasteiger partial charge in [-0.05, 0) is 18.1 Å². The Morgan fingerprint density at radius 1 is 0.952 bits per heavy atom. The zero-order valence-corrected chi connectivity index (χ0v) is 11.7. The van der Waals surface area contributed by atoms with Crippen LogP contribution in [-0.4, -0.2) is 29.1 Å². The van der Waals surface area contributed by atoms with E-state index in [1.807, 2.05) is 30.3 Å². The summed E-state index contributed by atoms with van der Waals surface area (Å²) in [6.45, 7) is 1.84. The summed E-state index contributed by atoms with van der Waals surface area (Å²) in [6, 6.07) is 11.4. The van der Waals surface area contributed by atoms with Crippen LogP contribution in [0.15, 0.2) is 48.8 Å². The summed E-state index contributed by atoms with van der Waals surface area (Å²) in [5, 5.41) is 8.70. The van der Waals surface area contributed by atoms with E-state index in [-0.39, 0.29) is 6.03 Å². The number of anilines is 1. The zero-order valence-electron chi connectivity index (χ0n) is 11.7. The van der Waals surface area contributed by atoms with Crippen LogP contribution in [0.1, 0.15) is 12.0 Å². The second-order valence-electron chi connectivity index (χ2n) is 4.45. The molecule has 1 aromatic heterocycles. The van der Waals surface area contributed by atoms with Crippen LogP contribution in [0.3, 0.4) is 0 Å². The number of hydrogen-bond acceptors (Lipinski definition) is 4. The molecule has 0 aliphatic carbocycles. The Hall–Kier alpha value is -2.63. The highest BCUT2D eigenvalue weighted by Gasteiger charge is 1.99. The molecule has 0 fully saturated rings.